The number of rotatable bonds is 4. The van der Waals surface area contributed by atoms with Crippen molar-refractivity contribution in [3.05, 3.63) is 10.5 Å². The summed E-state index contributed by atoms with van der Waals surface area (Å²) in [6.45, 7) is 2.34. The molecule has 0 aliphatic heterocycles. The van der Waals surface area contributed by atoms with Crippen LogP contribution >= 0.6 is 0 Å². The van der Waals surface area contributed by atoms with Gasteiger partial charge >= 0.3 is 5.97 Å². The molecule has 0 spiro atoms. The topological polar surface area (TPSA) is 112 Å². The van der Waals surface area contributed by atoms with E-state index in [4.69, 9.17) is 14.8 Å². The van der Waals surface area contributed by atoms with E-state index in [2.05, 4.69) is 0 Å². The van der Waals surface area contributed by atoms with Crippen LogP contribution in [0.4, 0.5) is 0 Å². The molecule has 1 atom stereocenters. The Bertz CT molecular complexity index is 350. The van der Waals surface area contributed by atoms with E-state index in [-0.39, 0.29) is 0 Å². The highest BCUT2D eigenvalue weighted by molar-refractivity contribution is 7.89. The number of carbonyl (C=O) groups is 1. The highest BCUT2D eigenvalue weighted by atomic mass is 32.2. The third kappa shape index (κ3) is 3.86. The monoisotopic (exact) mass is 224 g/mol. The van der Waals surface area contributed by atoms with Crippen molar-refractivity contribution in [1.82, 2.24) is 0 Å². The molecule has 0 aromatic carbocycles. The van der Waals surface area contributed by atoms with E-state index < -0.39 is 39.1 Å². The van der Waals surface area contributed by atoms with Gasteiger partial charge in [-0.1, -0.05) is 0 Å². The van der Waals surface area contributed by atoms with E-state index in [9.17, 15) is 13.2 Å². The SMILES string of the molecule is CC(C(=O)O)=C(CC(C)O)S(=O)(=O)O. The molecular weight excluding hydrogens is 212 g/mol. The Labute approximate surface area is 81.6 Å². The average Bonchev–Trinajstić information content (AvgIpc) is 1.96. The summed E-state index contributed by atoms with van der Waals surface area (Å²) < 4.78 is 30.2. The molecule has 14 heavy (non-hydrogen) atoms. The number of hydrogen-bond donors (Lipinski definition) is 3. The second-order valence-electron chi connectivity index (χ2n) is 2.88. The maximum absolute atomic E-state index is 10.7. The maximum atomic E-state index is 10.7. The molecule has 3 N–H and O–H groups in total. The van der Waals surface area contributed by atoms with Crippen molar-refractivity contribution in [2.24, 2.45) is 0 Å². The quantitative estimate of drug-likeness (QED) is 0.458. The van der Waals surface area contributed by atoms with Crippen LogP contribution in [0.5, 0.6) is 0 Å². The second-order valence-corrected chi connectivity index (χ2v) is 4.32. The van der Waals surface area contributed by atoms with Crippen molar-refractivity contribution in [1.29, 1.82) is 0 Å². The largest absolute Gasteiger partial charge is 0.478 e. The predicted octanol–water partition coefficient (Wildman–Crippen LogP) is 0.00370. The molecule has 0 rings (SSSR count). The lowest BCUT2D eigenvalue weighted by atomic mass is 10.2. The minimum absolute atomic E-state index is 0.420. The summed E-state index contributed by atoms with van der Waals surface area (Å²) in [6.07, 6.45) is -1.46. The summed E-state index contributed by atoms with van der Waals surface area (Å²) >= 11 is 0. The van der Waals surface area contributed by atoms with Gasteiger partial charge in [-0.25, -0.2) is 4.79 Å². The van der Waals surface area contributed by atoms with Gasteiger partial charge in [-0.2, -0.15) is 8.42 Å². The van der Waals surface area contributed by atoms with Crippen molar-refractivity contribution in [3.63, 3.8) is 0 Å². The number of aliphatic hydroxyl groups excluding tert-OH is 1. The van der Waals surface area contributed by atoms with Gasteiger partial charge in [0.2, 0.25) is 0 Å². The Morgan fingerprint density at radius 1 is 1.43 bits per heavy atom. The zero-order chi connectivity index (χ0) is 11.5. The summed E-state index contributed by atoms with van der Waals surface area (Å²) in [6, 6.07) is 0. The molecule has 0 aromatic heterocycles. The van der Waals surface area contributed by atoms with Crippen LogP contribution < -0.4 is 0 Å². The standard InChI is InChI=1S/C7H12O6S/c1-4(8)3-6(14(11,12)13)5(2)7(9)10/h4,8H,3H2,1-2H3,(H,9,10)(H,11,12,13). The predicted molar refractivity (Wildman–Crippen MR) is 48.2 cm³/mol. The van der Waals surface area contributed by atoms with Gasteiger partial charge in [-0.15, -0.1) is 0 Å². The first kappa shape index (κ1) is 13.1. The lowest BCUT2D eigenvalue weighted by Crippen LogP contribution is -2.14. The molecule has 0 aliphatic rings. The van der Waals surface area contributed by atoms with Crippen LogP contribution in [0.15, 0.2) is 10.5 Å². The molecule has 0 saturated carbocycles. The van der Waals surface area contributed by atoms with Crippen molar-refractivity contribution >= 4 is 16.1 Å². The highest BCUT2D eigenvalue weighted by Gasteiger charge is 2.22. The van der Waals surface area contributed by atoms with Crippen molar-refractivity contribution < 1.29 is 28.0 Å². The van der Waals surface area contributed by atoms with Crippen molar-refractivity contribution in [3.8, 4) is 0 Å². The van der Waals surface area contributed by atoms with Gasteiger partial charge in [0.1, 0.15) is 0 Å². The van der Waals surface area contributed by atoms with Crippen molar-refractivity contribution in [2.45, 2.75) is 26.4 Å². The van der Waals surface area contributed by atoms with Crippen LogP contribution in [0.25, 0.3) is 0 Å². The minimum Gasteiger partial charge on any atom is -0.478 e. The number of aliphatic hydroxyl groups is 1. The van der Waals surface area contributed by atoms with Gasteiger partial charge in [0, 0.05) is 6.42 Å². The van der Waals surface area contributed by atoms with Gasteiger partial charge in [-0.05, 0) is 13.8 Å². The van der Waals surface area contributed by atoms with Gasteiger partial charge in [-0.3, -0.25) is 4.55 Å². The Balaban J connectivity index is 5.33. The molecule has 0 saturated heterocycles. The Hall–Kier alpha value is -0.920. The first-order valence-electron chi connectivity index (χ1n) is 3.75. The third-order valence-electron chi connectivity index (χ3n) is 1.53. The smallest absolute Gasteiger partial charge is 0.332 e. The van der Waals surface area contributed by atoms with E-state index in [1.807, 2.05) is 0 Å². The molecule has 82 valence electrons. The molecule has 0 heterocycles. The van der Waals surface area contributed by atoms with E-state index in [0.29, 0.717) is 0 Å². The second kappa shape index (κ2) is 4.54. The van der Waals surface area contributed by atoms with Crippen LogP contribution in [0, 0.1) is 0 Å². The fourth-order valence-corrected chi connectivity index (χ4v) is 1.77. The van der Waals surface area contributed by atoms with Gasteiger partial charge in [0.25, 0.3) is 10.1 Å². The van der Waals surface area contributed by atoms with Crippen molar-refractivity contribution in [2.75, 3.05) is 0 Å². The number of carboxylic acid groups (broad SMARTS) is 1. The molecule has 0 fully saturated rings. The Morgan fingerprint density at radius 3 is 2.07 bits per heavy atom. The maximum Gasteiger partial charge on any atom is 0.332 e. The molecule has 6 nitrogen and oxygen atoms in total. The summed E-state index contributed by atoms with van der Waals surface area (Å²) in [7, 11) is -4.57. The summed E-state index contributed by atoms with van der Waals surface area (Å²) in [5, 5.41) is 17.4. The Kier molecular flexibility index (Phi) is 4.24. The first-order valence-corrected chi connectivity index (χ1v) is 5.19. The molecule has 0 amide bonds. The molecule has 7 heteroatoms. The first-order chi connectivity index (χ1) is 6.16. The summed E-state index contributed by atoms with van der Waals surface area (Å²) in [5.74, 6) is -1.45. The van der Waals surface area contributed by atoms with Crippen LogP contribution in [0.1, 0.15) is 20.3 Å². The van der Waals surface area contributed by atoms with Gasteiger partial charge in [0.15, 0.2) is 0 Å². The van der Waals surface area contributed by atoms with E-state index in [0.717, 1.165) is 6.92 Å². The van der Waals surface area contributed by atoms with Crippen LogP contribution in [-0.4, -0.2) is 35.3 Å². The van der Waals surface area contributed by atoms with Gasteiger partial charge < -0.3 is 10.2 Å². The van der Waals surface area contributed by atoms with E-state index >= 15 is 0 Å². The molecule has 0 bridgehead atoms. The third-order valence-corrected chi connectivity index (χ3v) is 2.63. The molecule has 0 radical (unpaired) electrons. The fraction of sp³-hybridized carbons (Fsp3) is 0.571. The van der Waals surface area contributed by atoms with Gasteiger partial charge in [0.05, 0.1) is 16.6 Å². The van der Waals surface area contributed by atoms with E-state index in [1.165, 1.54) is 6.92 Å². The van der Waals surface area contributed by atoms with Crippen LogP contribution in [-0.2, 0) is 14.9 Å². The molecular formula is C7H12O6S. The zero-order valence-corrected chi connectivity index (χ0v) is 8.58. The number of aliphatic carboxylic acids is 1. The Morgan fingerprint density at radius 2 is 1.86 bits per heavy atom. The normalized spacial score (nSPS) is 16.0. The lowest BCUT2D eigenvalue weighted by Gasteiger charge is -2.08. The number of hydrogen-bond acceptors (Lipinski definition) is 4. The van der Waals surface area contributed by atoms with Crippen LogP contribution in [0.2, 0.25) is 0 Å². The molecule has 0 aromatic rings. The highest BCUT2D eigenvalue weighted by Crippen LogP contribution is 2.17. The van der Waals surface area contributed by atoms with E-state index in [1.54, 1.807) is 0 Å². The van der Waals surface area contributed by atoms with Crippen LogP contribution in [0.3, 0.4) is 0 Å². The average molecular weight is 224 g/mol. The minimum atomic E-state index is -4.57. The summed E-state index contributed by atoms with van der Waals surface area (Å²) in [4.78, 5) is 9.79. The zero-order valence-electron chi connectivity index (χ0n) is 7.76. The molecule has 0 aliphatic carbocycles. The fourth-order valence-electron chi connectivity index (χ4n) is 0.839. The molecule has 1 unspecified atom stereocenters. The summed E-state index contributed by atoms with van der Waals surface area (Å²) in [5.41, 5.74) is -0.492. The number of carboxylic acids is 1. The lowest BCUT2D eigenvalue weighted by molar-refractivity contribution is -0.132.